The fraction of sp³-hybridized carbons (Fsp3) is 0.667. The first-order valence-corrected chi connectivity index (χ1v) is 4.97. The van der Waals surface area contributed by atoms with Crippen molar-refractivity contribution < 1.29 is 0 Å². The maximum atomic E-state index is 3.24. The SMILES string of the molecule is C/[C]=C(/C=CCCC)C(C)CC. The third-order valence-electron chi connectivity index (χ3n) is 2.18. The van der Waals surface area contributed by atoms with Crippen LogP contribution in [0.25, 0.3) is 0 Å². The Hall–Kier alpha value is -0.520. The first-order chi connectivity index (χ1) is 5.76. The topological polar surface area (TPSA) is 0 Å². The van der Waals surface area contributed by atoms with E-state index in [9.17, 15) is 0 Å². The van der Waals surface area contributed by atoms with Gasteiger partial charge in [0, 0.05) is 0 Å². The summed E-state index contributed by atoms with van der Waals surface area (Å²) >= 11 is 0. The normalized spacial score (nSPS) is 15.5. The van der Waals surface area contributed by atoms with Gasteiger partial charge in [0.1, 0.15) is 0 Å². The second-order valence-electron chi connectivity index (χ2n) is 3.21. The largest absolute Gasteiger partial charge is 0.0843 e. The molecule has 0 aromatic carbocycles. The molecule has 0 aliphatic carbocycles. The lowest BCUT2D eigenvalue weighted by Crippen LogP contribution is -1.94. The van der Waals surface area contributed by atoms with Crippen molar-refractivity contribution >= 4 is 0 Å². The van der Waals surface area contributed by atoms with Crippen molar-refractivity contribution in [3.63, 3.8) is 0 Å². The van der Waals surface area contributed by atoms with E-state index in [2.05, 4.69) is 39.0 Å². The second-order valence-corrected chi connectivity index (χ2v) is 3.21. The maximum Gasteiger partial charge on any atom is -0.0190 e. The summed E-state index contributed by atoms with van der Waals surface area (Å²) in [6.45, 7) is 8.67. The minimum atomic E-state index is 0.656. The predicted molar refractivity (Wildman–Crippen MR) is 55.9 cm³/mol. The Morgan fingerprint density at radius 1 is 1.42 bits per heavy atom. The van der Waals surface area contributed by atoms with Gasteiger partial charge in [-0.3, -0.25) is 0 Å². The highest BCUT2D eigenvalue weighted by molar-refractivity contribution is 5.17. The van der Waals surface area contributed by atoms with Crippen molar-refractivity contribution in [3.8, 4) is 0 Å². The van der Waals surface area contributed by atoms with Gasteiger partial charge >= 0.3 is 0 Å². The molecule has 0 fully saturated rings. The summed E-state index contributed by atoms with van der Waals surface area (Å²) in [4.78, 5) is 0. The molecule has 0 rings (SSSR count). The average molecular weight is 165 g/mol. The molecule has 0 spiro atoms. The summed E-state index contributed by atoms with van der Waals surface area (Å²) in [5.41, 5.74) is 1.35. The fourth-order valence-electron chi connectivity index (χ4n) is 1.09. The smallest absolute Gasteiger partial charge is 0.0190 e. The van der Waals surface area contributed by atoms with Crippen LogP contribution < -0.4 is 0 Å². The molecule has 0 N–H and O–H groups in total. The summed E-state index contributed by atoms with van der Waals surface area (Å²) in [6, 6.07) is 0. The van der Waals surface area contributed by atoms with Crippen LogP contribution in [-0.2, 0) is 0 Å². The predicted octanol–water partition coefficient (Wildman–Crippen LogP) is 4.14. The van der Waals surface area contributed by atoms with Crippen molar-refractivity contribution in [3.05, 3.63) is 23.8 Å². The van der Waals surface area contributed by atoms with Crippen LogP contribution in [0.2, 0.25) is 0 Å². The van der Waals surface area contributed by atoms with E-state index in [0.29, 0.717) is 5.92 Å². The van der Waals surface area contributed by atoms with Gasteiger partial charge in [-0.1, -0.05) is 39.3 Å². The van der Waals surface area contributed by atoms with Gasteiger partial charge in [-0.05, 0) is 37.3 Å². The number of allylic oxidation sites excluding steroid dienone is 4. The first kappa shape index (κ1) is 11.5. The molecule has 0 aliphatic rings. The Morgan fingerprint density at radius 2 is 2.08 bits per heavy atom. The zero-order valence-electron chi connectivity index (χ0n) is 8.85. The van der Waals surface area contributed by atoms with Gasteiger partial charge in [0.25, 0.3) is 0 Å². The summed E-state index contributed by atoms with van der Waals surface area (Å²) in [5, 5.41) is 0. The molecular weight excluding hydrogens is 144 g/mol. The Labute approximate surface area is 77.4 Å². The maximum absolute atomic E-state index is 3.24. The van der Waals surface area contributed by atoms with Crippen molar-refractivity contribution in [2.45, 2.75) is 47.0 Å². The van der Waals surface area contributed by atoms with E-state index in [-0.39, 0.29) is 0 Å². The molecule has 1 unspecified atom stereocenters. The molecule has 0 saturated carbocycles. The molecular formula is C12H21. The lowest BCUT2D eigenvalue weighted by atomic mass is 9.97. The summed E-state index contributed by atoms with van der Waals surface area (Å²) in [6.07, 6.45) is 11.3. The molecule has 0 amide bonds. The standard InChI is InChI=1S/C12H21/c1-5-8-9-10-12(7-3)11(4)6-2/h9-11H,5-6,8H2,1-4H3. The van der Waals surface area contributed by atoms with E-state index in [0.717, 1.165) is 0 Å². The molecule has 1 radical (unpaired) electrons. The highest BCUT2D eigenvalue weighted by Crippen LogP contribution is 2.15. The highest BCUT2D eigenvalue weighted by Gasteiger charge is 2.00. The quantitative estimate of drug-likeness (QED) is 0.537. The number of hydrogen-bond acceptors (Lipinski definition) is 0. The molecule has 0 bridgehead atoms. The third-order valence-corrected chi connectivity index (χ3v) is 2.18. The van der Waals surface area contributed by atoms with E-state index in [1.54, 1.807) is 0 Å². The fourth-order valence-corrected chi connectivity index (χ4v) is 1.09. The number of rotatable bonds is 5. The number of unbranched alkanes of at least 4 members (excludes halogenated alkanes) is 1. The van der Waals surface area contributed by atoms with Crippen LogP contribution in [-0.4, -0.2) is 0 Å². The molecule has 0 saturated heterocycles. The summed E-state index contributed by atoms with van der Waals surface area (Å²) in [5.74, 6) is 0.656. The summed E-state index contributed by atoms with van der Waals surface area (Å²) in [7, 11) is 0. The molecule has 0 aromatic rings. The second kappa shape index (κ2) is 7.15. The Balaban J connectivity index is 4.00. The van der Waals surface area contributed by atoms with Crippen LogP contribution in [0.15, 0.2) is 17.7 Å². The lowest BCUT2D eigenvalue weighted by molar-refractivity contribution is 0.666. The van der Waals surface area contributed by atoms with Crippen LogP contribution in [0.4, 0.5) is 0 Å². The molecule has 0 aromatic heterocycles. The van der Waals surface area contributed by atoms with Crippen LogP contribution in [0.1, 0.15) is 47.0 Å². The van der Waals surface area contributed by atoms with E-state index >= 15 is 0 Å². The average Bonchev–Trinajstić information content (AvgIpc) is 2.11. The Kier molecular flexibility index (Phi) is 6.84. The zero-order valence-corrected chi connectivity index (χ0v) is 8.85. The van der Waals surface area contributed by atoms with Gasteiger partial charge in [0.2, 0.25) is 0 Å². The van der Waals surface area contributed by atoms with Crippen molar-refractivity contribution in [1.82, 2.24) is 0 Å². The van der Waals surface area contributed by atoms with Crippen LogP contribution in [0, 0.1) is 12.0 Å². The molecule has 0 heteroatoms. The third kappa shape index (κ3) is 4.38. The van der Waals surface area contributed by atoms with Gasteiger partial charge in [-0.25, -0.2) is 0 Å². The molecule has 0 aliphatic heterocycles. The first-order valence-electron chi connectivity index (χ1n) is 4.97. The number of hydrogen-bond donors (Lipinski definition) is 0. The van der Waals surface area contributed by atoms with E-state index in [1.807, 2.05) is 6.92 Å². The van der Waals surface area contributed by atoms with Gasteiger partial charge in [-0.15, -0.1) is 0 Å². The molecule has 0 nitrogen and oxygen atoms in total. The van der Waals surface area contributed by atoms with Crippen molar-refractivity contribution in [2.24, 2.45) is 5.92 Å². The van der Waals surface area contributed by atoms with Gasteiger partial charge in [0.15, 0.2) is 0 Å². The van der Waals surface area contributed by atoms with E-state index < -0.39 is 0 Å². The highest BCUT2D eigenvalue weighted by atomic mass is 14.1. The van der Waals surface area contributed by atoms with Crippen LogP contribution in [0.3, 0.4) is 0 Å². The molecule has 12 heavy (non-hydrogen) atoms. The monoisotopic (exact) mass is 165 g/mol. The van der Waals surface area contributed by atoms with Crippen LogP contribution in [0.5, 0.6) is 0 Å². The minimum Gasteiger partial charge on any atom is -0.0843 e. The lowest BCUT2D eigenvalue weighted by Gasteiger charge is -2.08. The molecule has 1 atom stereocenters. The Bertz CT molecular complexity index is 151. The zero-order chi connectivity index (χ0) is 9.40. The van der Waals surface area contributed by atoms with Gasteiger partial charge in [0.05, 0.1) is 0 Å². The van der Waals surface area contributed by atoms with Crippen molar-refractivity contribution in [2.75, 3.05) is 0 Å². The summed E-state index contributed by atoms with van der Waals surface area (Å²) < 4.78 is 0. The molecule has 69 valence electrons. The van der Waals surface area contributed by atoms with Gasteiger partial charge in [-0.2, -0.15) is 0 Å². The van der Waals surface area contributed by atoms with E-state index in [1.165, 1.54) is 24.8 Å². The van der Waals surface area contributed by atoms with E-state index in [4.69, 9.17) is 0 Å². The van der Waals surface area contributed by atoms with Gasteiger partial charge < -0.3 is 0 Å². The molecule has 0 heterocycles. The van der Waals surface area contributed by atoms with Crippen LogP contribution >= 0.6 is 0 Å². The Morgan fingerprint density at radius 3 is 2.50 bits per heavy atom. The van der Waals surface area contributed by atoms with Crippen molar-refractivity contribution in [1.29, 1.82) is 0 Å². The minimum absolute atomic E-state index is 0.656.